The van der Waals surface area contributed by atoms with Gasteiger partial charge in [-0.25, -0.2) is 0 Å². The predicted molar refractivity (Wildman–Crippen MR) is 87.8 cm³/mol. The molecule has 0 heterocycles. The zero-order chi connectivity index (χ0) is 16.0. The van der Waals surface area contributed by atoms with Gasteiger partial charge in [0, 0.05) is 13.2 Å². The monoisotopic (exact) mass is 301 g/mol. The summed E-state index contributed by atoms with van der Waals surface area (Å²) in [5.41, 5.74) is -0.777. The van der Waals surface area contributed by atoms with Gasteiger partial charge < -0.3 is 15.2 Å². The number of ether oxygens (including phenoxy) is 1. The van der Waals surface area contributed by atoms with Crippen LogP contribution in [0.2, 0.25) is 0 Å². The Balaban J connectivity index is 3.80. The number of nitrogens with one attached hydrogen (secondary N) is 1. The number of unbranched alkanes of at least 4 members (excludes halogenated alkanes) is 4. The van der Waals surface area contributed by atoms with Crippen molar-refractivity contribution in [3.63, 3.8) is 0 Å². The van der Waals surface area contributed by atoms with Crippen LogP contribution in [0.1, 0.15) is 78.6 Å². The van der Waals surface area contributed by atoms with Crippen molar-refractivity contribution >= 4 is 5.97 Å². The van der Waals surface area contributed by atoms with E-state index >= 15 is 0 Å². The first-order valence-corrected chi connectivity index (χ1v) is 8.69. The molecule has 4 heteroatoms. The molecule has 0 aliphatic heterocycles. The molecule has 0 aliphatic carbocycles. The Morgan fingerprint density at radius 3 is 2.24 bits per heavy atom. The van der Waals surface area contributed by atoms with Gasteiger partial charge in [0.25, 0.3) is 0 Å². The fraction of sp³-hybridized carbons (Fsp3) is 0.941. The van der Waals surface area contributed by atoms with Crippen LogP contribution in [0.3, 0.4) is 0 Å². The minimum atomic E-state index is -0.777. The molecule has 21 heavy (non-hydrogen) atoms. The van der Waals surface area contributed by atoms with E-state index in [-0.39, 0.29) is 0 Å². The summed E-state index contributed by atoms with van der Waals surface area (Å²) in [6.45, 7) is 8.42. The molecule has 126 valence electrons. The third kappa shape index (κ3) is 9.10. The minimum absolute atomic E-state index is 0.610. The van der Waals surface area contributed by atoms with Gasteiger partial charge >= 0.3 is 5.97 Å². The average Bonchev–Trinajstić information content (AvgIpc) is 2.48. The van der Waals surface area contributed by atoms with Crippen molar-refractivity contribution in [1.82, 2.24) is 5.32 Å². The van der Waals surface area contributed by atoms with Crippen molar-refractivity contribution in [3.05, 3.63) is 0 Å². The van der Waals surface area contributed by atoms with E-state index in [0.29, 0.717) is 19.4 Å². The van der Waals surface area contributed by atoms with Crippen LogP contribution in [-0.2, 0) is 9.53 Å². The number of carboxylic acids is 1. The molecule has 0 radical (unpaired) electrons. The summed E-state index contributed by atoms with van der Waals surface area (Å²) in [5, 5.41) is 12.7. The van der Waals surface area contributed by atoms with Crippen LogP contribution in [0.5, 0.6) is 0 Å². The van der Waals surface area contributed by atoms with Crippen LogP contribution in [0.25, 0.3) is 0 Å². The Morgan fingerprint density at radius 2 is 1.67 bits per heavy atom. The molecule has 0 spiro atoms. The first-order chi connectivity index (χ1) is 10.1. The summed E-state index contributed by atoms with van der Waals surface area (Å²) >= 11 is 0. The van der Waals surface area contributed by atoms with Crippen molar-refractivity contribution in [1.29, 1.82) is 0 Å². The standard InChI is InChI=1S/C17H35NO3/c1-4-7-8-9-10-14-21-15-11-12-17(6-3,16(19)20)18-13-5-2/h18H,4-15H2,1-3H3,(H,19,20). The molecule has 0 aromatic rings. The van der Waals surface area contributed by atoms with Crippen molar-refractivity contribution in [2.75, 3.05) is 19.8 Å². The van der Waals surface area contributed by atoms with E-state index in [1.807, 2.05) is 6.92 Å². The molecular formula is C17H35NO3. The number of carbonyl (C=O) groups is 1. The summed E-state index contributed by atoms with van der Waals surface area (Å²) < 4.78 is 5.62. The summed E-state index contributed by atoms with van der Waals surface area (Å²) in [6, 6.07) is 0. The van der Waals surface area contributed by atoms with Gasteiger partial charge in [0.15, 0.2) is 0 Å². The number of rotatable bonds is 15. The van der Waals surface area contributed by atoms with Gasteiger partial charge in [0.1, 0.15) is 5.54 Å². The second kappa shape index (κ2) is 13.1. The zero-order valence-corrected chi connectivity index (χ0v) is 14.2. The summed E-state index contributed by atoms with van der Waals surface area (Å²) in [6.07, 6.45) is 9.20. The summed E-state index contributed by atoms with van der Waals surface area (Å²) in [5.74, 6) is -0.738. The van der Waals surface area contributed by atoms with Gasteiger partial charge in [-0.2, -0.15) is 0 Å². The second-order valence-electron chi connectivity index (χ2n) is 5.80. The SMILES string of the molecule is CCCCCCCOCCCC(CC)(NCCC)C(=O)O. The molecule has 0 aromatic carbocycles. The minimum Gasteiger partial charge on any atom is -0.480 e. The zero-order valence-electron chi connectivity index (χ0n) is 14.2. The number of hydrogen-bond donors (Lipinski definition) is 2. The highest BCUT2D eigenvalue weighted by atomic mass is 16.5. The first-order valence-electron chi connectivity index (χ1n) is 8.69. The molecule has 1 atom stereocenters. The van der Waals surface area contributed by atoms with Gasteiger partial charge in [-0.3, -0.25) is 4.79 Å². The van der Waals surface area contributed by atoms with Crippen molar-refractivity contribution in [2.45, 2.75) is 84.1 Å². The Morgan fingerprint density at radius 1 is 1.00 bits per heavy atom. The van der Waals surface area contributed by atoms with E-state index in [4.69, 9.17) is 4.74 Å². The fourth-order valence-corrected chi connectivity index (χ4v) is 2.47. The van der Waals surface area contributed by atoms with Crippen LogP contribution in [0.15, 0.2) is 0 Å². The molecule has 0 fully saturated rings. The van der Waals surface area contributed by atoms with Gasteiger partial charge in [-0.05, 0) is 38.6 Å². The van der Waals surface area contributed by atoms with E-state index in [9.17, 15) is 9.90 Å². The largest absolute Gasteiger partial charge is 0.480 e. The van der Waals surface area contributed by atoms with Gasteiger partial charge in [-0.15, -0.1) is 0 Å². The molecule has 0 aromatic heterocycles. The molecule has 0 saturated carbocycles. The normalized spacial score (nSPS) is 14.0. The smallest absolute Gasteiger partial charge is 0.323 e. The fourth-order valence-electron chi connectivity index (χ4n) is 2.47. The maximum atomic E-state index is 11.5. The number of hydrogen-bond acceptors (Lipinski definition) is 3. The van der Waals surface area contributed by atoms with E-state index in [2.05, 4.69) is 19.2 Å². The third-order valence-electron chi connectivity index (χ3n) is 4.01. The summed E-state index contributed by atoms with van der Waals surface area (Å²) in [7, 11) is 0. The molecule has 0 amide bonds. The highest BCUT2D eigenvalue weighted by Gasteiger charge is 2.35. The number of carboxylic acid groups (broad SMARTS) is 1. The topological polar surface area (TPSA) is 58.6 Å². The molecule has 0 rings (SSSR count). The summed E-state index contributed by atoms with van der Waals surface area (Å²) in [4.78, 5) is 11.5. The Hall–Kier alpha value is -0.610. The lowest BCUT2D eigenvalue weighted by Crippen LogP contribution is -2.52. The van der Waals surface area contributed by atoms with Crippen molar-refractivity contribution in [3.8, 4) is 0 Å². The van der Waals surface area contributed by atoms with Gasteiger partial charge in [0.2, 0.25) is 0 Å². The second-order valence-corrected chi connectivity index (χ2v) is 5.80. The molecule has 4 nitrogen and oxygen atoms in total. The molecular weight excluding hydrogens is 266 g/mol. The average molecular weight is 301 g/mol. The van der Waals surface area contributed by atoms with Crippen molar-refractivity contribution < 1.29 is 14.6 Å². The molecule has 0 bridgehead atoms. The highest BCUT2D eigenvalue weighted by Crippen LogP contribution is 2.18. The van der Waals surface area contributed by atoms with Crippen LogP contribution < -0.4 is 5.32 Å². The van der Waals surface area contributed by atoms with E-state index in [1.54, 1.807) is 0 Å². The highest BCUT2D eigenvalue weighted by molar-refractivity contribution is 5.78. The lowest BCUT2D eigenvalue weighted by molar-refractivity contribution is -0.145. The molecule has 0 aliphatic rings. The molecule has 0 saturated heterocycles. The van der Waals surface area contributed by atoms with E-state index < -0.39 is 11.5 Å². The lowest BCUT2D eigenvalue weighted by Gasteiger charge is -2.29. The van der Waals surface area contributed by atoms with E-state index in [1.165, 1.54) is 25.7 Å². The Labute approximate surface area is 130 Å². The molecule has 2 N–H and O–H groups in total. The maximum absolute atomic E-state index is 11.5. The van der Waals surface area contributed by atoms with Crippen LogP contribution >= 0.6 is 0 Å². The first kappa shape index (κ1) is 20.4. The maximum Gasteiger partial charge on any atom is 0.323 e. The van der Waals surface area contributed by atoms with Crippen molar-refractivity contribution in [2.24, 2.45) is 0 Å². The third-order valence-corrected chi connectivity index (χ3v) is 4.01. The van der Waals surface area contributed by atoms with Crippen LogP contribution in [-0.4, -0.2) is 36.4 Å². The van der Waals surface area contributed by atoms with E-state index in [0.717, 1.165) is 32.4 Å². The van der Waals surface area contributed by atoms with Crippen LogP contribution in [0.4, 0.5) is 0 Å². The van der Waals surface area contributed by atoms with Gasteiger partial charge in [0.05, 0.1) is 0 Å². The Bertz CT molecular complexity index is 258. The quantitative estimate of drug-likeness (QED) is 0.449. The van der Waals surface area contributed by atoms with Crippen LogP contribution in [0, 0.1) is 0 Å². The number of aliphatic carboxylic acids is 1. The lowest BCUT2D eigenvalue weighted by atomic mass is 9.90. The Kier molecular flexibility index (Phi) is 12.7. The predicted octanol–water partition coefficient (Wildman–Crippen LogP) is 3.99. The molecule has 1 unspecified atom stereocenters. The van der Waals surface area contributed by atoms with Gasteiger partial charge in [-0.1, -0.05) is 46.5 Å².